The summed E-state index contributed by atoms with van der Waals surface area (Å²) in [6, 6.07) is 6.10. The predicted molar refractivity (Wildman–Crippen MR) is 80.6 cm³/mol. The van der Waals surface area contributed by atoms with Crippen molar-refractivity contribution >= 4 is 22.6 Å². The van der Waals surface area contributed by atoms with Crippen molar-refractivity contribution in [1.29, 1.82) is 0 Å². The minimum Gasteiger partial charge on any atom is -0.492 e. The zero-order valence-electron chi connectivity index (χ0n) is 10.4. The number of rotatable bonds is 4. The fraction of sp³-hybridized carbons (Fsp3) is 0.214. The molecule has 0 amide bonds. The molecule has 2 rings (SSSR count). The molecule has 0 saturated carbocycles. The molecule has 2 aromatic rings. The van der Waals surface area contributed by atoms with Gasteiger partial charge in [-0.15, -0.1) is 0 Å². The van der Waals surface area contributed by atoms with Crippen LogP contribution in [0, 0.1) is 9.39 Å². The topological polar surface area (TPSA) is 48.1 Å². The number of benzene rings is 1. The molecule has 3 nitrogen and oxygen atoms in total. The Kier molecular flexibility index (Phi) is 4.71. The first kappa shape index (κ1) is 14.2. The van der Waals surface area contributed by atoms with E-state index in [0.717, 1.165) is 14.7 Å². The number of pyridine rings is 1. The van der Waals surface area contributed by atoms with Crippen molar-refractivity contribution in [2.24, 2.45) is 5.73 Å². The van der Waals surface area contributed by atoms with E-state index >= 15 is 0 Å². The quantitative estimate of drug-likeness (QED) is 0.839. The van der Waals surface area contributed by atoms with E-state index in [1.807, 2.05) is 13.0 Å². The summed E-state index contributed by atoms with van der Waals surface area (Å²) in [6.07, 6.45) is 3.35. The third kappa shape index (κ3) is 3.42. The number of aromatic nitrogens is 1. The lowest BCUT2D eigenvalue weighted by molar-refractivity contribution is 0.338. The van der Waals surface area contributed by atoms with E-state index in [1.54, 1.807) is 18.5 Å². The van der Waals surface area contributed by atoms with Crippen molar-refractivity contribution in [2.75, 3.05) is 6.61 Å². The fourth-order valence-electron chi connectivity index (χ4n) is 1.78. The second-order valence-electron chi connectivity index (χ2n) is 4.03. The highest BCUT2D eigenvalue weighted by atomic mass is 127. The third-order valence-electron chi connectivity index (χ3n) is 2.70. The molecule has 0 spiro atoms. The molecule has 5 heteroatoms. The number of hydrogen-bond acceptors (Lipinski definition) is 3. The lowest BCUT2D eigenvalue weighted by Gasteiger charge is -2.15. The average molecular weight is 372 g/mol. The molecular formula is C14H14FIN2O. The summed E-state index contributed by atoms with van der Waals surface area (Å²) in [5.41, 5.74) is 7.93. The second kappa shape index (κ2) is 6.29. The molecule has 1 aromatic heterocycles. The van der Waals surface area contributed by atoms with E-state index in [9.17, 15) is 4.39 Å². The van der Waals surface area contributed by atoms with Crippen molar-refractivity contribution in [2.45, 2.75) is 13.0 Å². The lowest BCUT2D eigenvalue weighted by Crippen LogP contribution is -2.14. The fourth-order valence-corrected chi connectivity index (χ4v) is 2.60. The molecule has 0 bridgehead atoms. The molecular weight excluding hydrogens is 358 g/mol. The van der Waals surface area contributed by atoms with Crippen LogP contribution in [0.1, 0.15) is 24.1 Å². The Morgan fingerprint density at radius 2 is 2.16 bits per heavy atom. The van der Waals surface area contributed by atoms with Crippen LogP contribution in [0.4, 0.5) is 4.39 Å². The van der Waals surface area contributed by atoms with Crippen molar-refractivity contribution in [3.05, 3.63) is 57.2 Å². The first-order chi connectivity index (χ1) is 9.11. The monoisotopic (exact) mass is 372 g/mol. The summed E-state index contributed by atoms with van der Waals surface area (Å²) in [7, 11) is 0. The van der Waals surface area contributed by atoms with E-state index in [1.165, 1.54) is 12.1 Å². The van der Waals surface area contributed by atoms with Gasteiger partial charge >= 0.3 is 0 Å². The van der Waals surface area contributed by atoms with Gasteiger partial charge in [-0.3, -0.25) is 4.98 Å². The van der Waals surface area contributed by atoms with Crippen LogP contribution in [0.15, 0.2) is 36.7 Å². The Hall–Kier alpha value is -1.21. The smallest absolute Gasteiger partial charge is 0.137 e. The lowest BCUT2D eigenvalue weighted by atomic mass is 10.0. The summed E-state index contributed by atoms with van der Waals surface area (Å²) in [6.45, 7) is 2.49. The molecule has 100 valence electrons. The first-order valence-corrected chi connectivity index (χ1v) is 6.98. The van der Waals surface area contributed by atoms with Crippen LogP contribution in [0.2, 0.25) is 0 Å². The Morgan fingerprint density at radius 1 is 1.37 bits per heavy atom. The van der Waals surface area contributed by atoms with Crippen LogP contribution < -0.4 is 10.5 Å². The highest BCUT2D eigenvalue weighted by Gasteiger charge is 2.14. The van der Waals surface area contributed by atoms with Crippen molar-refractivity contribution in [3.63, 3.8) is 0 Å². The summed E-state index contributed by atoms with van der Waals surface area (Å²) in [4.78, 5) is 4.12. The minimum absolute atomic E-state index is 0.262. The van der Waals surface area contributed by atoms with Crippen molar-refractivity contribution in [3.8, 4) is 5.75 Å². The molecule has 19 heavy (non-hydrogen) atoms. The average Bonchev–Trinajstić information content (AvgIpc) is 2.39. The molecule has 1 heterocycles. The summed E-state index contributed by atoms with van der Waals surface area (Å²) in [5, 5.41) is 0. The van der Waals surface area contributed by atoms with Gasteiger partial charge in [0.2, 0.25) is 0 Å². The molecule has 1 aromatic carbocycles. The van der Waals surface area contributed by atoms with Gasteiger partial charge in [0.25, 0.3) is 0 Å². The zero-order valence-corrected chi connectivity index (χ0v) is 12.6. The van der Waals surface area contributed by atoms with Crippen LogP contribution in [0.3, 0.4) is 0 Å². The Labute approximate surface area is 125 Å². The predicted octanol–water partition coefficient (Wildman–Crippen LogP) is 3.27. The maximum atomic E-state index is 13.1. The highest BCUT2D eigenvalue weighted by Crippen LogP contribution is 2.26. The summed E-state index contributed by atoms with van der Waals surface area (Å²) < 4.78 is 19.3. The van der Waals surface area contributed by atoms with Gasteiger partial charge in [0, 0.05) is 9.77 Å². The minimum atomic E-state index is -0.347. The Balaban J connectivity index is 2.32. The van der Waals surface area contributed by atoms with E-state index in [0.29, 0.717) is 12.4 Å². The molecule has 0 aliphatic rings. The maximum absolute atomic E-state index is 13.1. The van der Waals surface area contributed by atoms with Gasteiger partial charge in [-0.2, -0.15) is 0 Å². The van der Waals surface area contributed by atoms with Gasteiger partial charge in [0.1, 0.15) is 11.6 Å². The number of nitrogens with zero attached hydrogens (tertiary/aromatic N) is 1. The Morgan fingerprint density at radius 3 is 2.84 bits per heavy atom. The molecule has 2 N–H and O–H groups in total. The number of hydrogen-bond donors (Lipinski definition) is 1. The number of ether oxygens (including phenoxy) is 1. The van der Waals surface area contributed by atoms with E-state index in [2.05, 4.69) is 27.6 Å². The van der Waals surface area contributed by atoms with Gasteiger partial charge in [0.15, 0.2) is 0 Å². The molecule has 1 atom stereocenters. The highest BCUT2D eigenvalue weighted by molar-refractivity contribution is 14.1. The summed E-state index contributed by atoms with van der Waals surface area (Å²) >= 11 is 2.08. The van der Waals surface area contributed by atoms with Gasteiger partial charge in [-0.25, -0.2) is 4.39 Å². The standard InChI is InChI=1S/C14H14FIN2O/c1-2-19-11-5-9(7-18-8-11)14(17)12-4-3-10(15)6-13(12)16/h3-8,14H,2,17H2,1H3. The molecule has 0 radical (unpaired) electrons. The normalized spacial score (nSPS) is 12.2. The molecule has 0 aliphatic heterocycles. The maximum Gasteiger partial charge on any atom is 0.137 e. The molecule has 1 unspecified atom stereocenters. The van der Waals surface area contributed by atoms with Crippen molar-refractivity contribution < 1.29 is 9.13 Å². The number of nitrogens with two attached hydrogens (primary N) is 1. The van der Waals surface area contributed by atoms with E-state index in [-0.39, 0.29) is 11.9 Å². The van der Waals surface area contributed by atoms with Gasteiger partial charge in [-0.05, 0) is 58.8 Å². The van der Waals surface area contributed by atoms with Crippen LogP contribution in [-0.4, -0.2) is 11.6 Å². The molecule has 0 saturated heterocycles. The first-order valence-electron chi connectivity index (χ1n) is 5.90. The zero-order chi connectivity index (χ0) is 13.8. The molecule has 0 fully saturated rings. The number of halogens is 2. The molecule has 0 aliphatic carbocycles. The van der Waals surface area contributed by atoms with Crippen LogP contribution in [0.25, 0.3) is 0 Å². The van der Waals surface area contributed by atoms with E-state index < -0.39 is 0 Å². The van der Waals surface area contributed by atoms with Crippen LogP contribution in [-0.2, 0) is 0 Å². The van der Waals surface area contributed by atoms with Crippen molar-refractivity contribution in [1.82, 2.24) is 4.98 Å². The van der Waals surface area contributed by atoms with Crippen LogP contribution in [0.5, 0.6) is 5.75 Å². The van der Waals surface area contributed by atoms with Gasteiger partial charge in [0.05, 0.1) is 18.8 Å². The SMILES string of the molecule is CCOc1cncc(C(N)c2ccc(F)cc2I)c1. The van der Waals surface area contributed by atoms with Gasteiger partial charge < -0.3 is 10.5 Å². The largest absolute Gasteiger partial charge is 0.492 e. The van der Waals surface area contributed by atoms with E-state index in [4.69, 9.17) is 10.5 Å². The van der Waals surface area contributed by atoms with Crippen LogP contribution >= 0.6 is 22.6 Å². The second-order valence-corrected chi connectivity index (χ2v) is 5.19. The third-order valence-corrected chi connectivity index (χ3v) is 3.64. The Bertz CT molecular complexity index is 577. The summed E-state index contributed by atoms with van der Waals surface area (Å²) in [5.74, 6) is 0.425. The van der Waals surface area contributed by atoms with Gasteiger partial charge in [-0.1, -0.05) is 6.07 Å².